The molecule has 20 heavy (non-hydrogen) atoms. The van der Waals surface area contributed by atoms with Crippen LogP contribution in [0.1, 0.15) is 63.1 Å². The molecule has 1 aliphatic heterocycles. The van der Waals surface area contributed by atoms with Crippen LogP contribution < -0.4 is 0 Å². The van der Waals surface area contributed by atoms with Crippen molar-refractivity contribution >= 4 is 0 Å². The number of aryl methyl sites for hydroxylation is 1. The monoisotopic (exact) mass is 282 g/mol. The van der Waals surface area contributed by atoms with Gasteiger partial charge in [0.1, 0.15) is 24.1 Å². The maximum Gasteiger partial charge on any atom is 0.140 e. The summed E-state index contributed by atoms with van der Waals surface area (Å²) in [5.41, 5.74) is 0.941. The summed E-state index contributed by atoms with van der Waals surface area (Å²) in [6.45, 7) is 2.51. The van der Waals surface area contributed by atoms with Crippen LogP contribution in [0.4, 0.5) is 0 Å². The van der Waals surface area contributed by atoms with E-state index in [-0.39, 0.29) is 0 Å². The third kappa shape index (κ3) is 3.59. The van der Waals surface area contributed by atoms with E-state index in [2.05, 4.69) is 11.9 Å². The van der Waals surface area contributed by atoms with Gasteiger partial charge in [-0.3, -0.25) is 0 Å². The van der Waals surface area contributed by atoms with Gasteiger partial charge >= 0.3 is 0 Å². The number of fused-ring (bicyclic) bond motifs is 1. The number of aliphatic hydroxyl groups is 3. The Kier molecular flexibility index (Phi) is 5.57. The first-order valence-corrected chi connectivity index (χ1v) is 7.73. The average Bonchev–Trinajstić information content (AvgIpc) is 2.83. The van der Waals surface area contributed by atoms with E-state index in [9.17, 15) is 15.3 Å². The van der Waals surface area contributed by atoms with Gasteiger partial charge in [-0.1, -0.05) is 39.0 Å². The van der Waals surface area contributed by atoms with E-state index in [1.165, 1.54) is 32.1 Å². The summed E-state index contributed by atoms with van der Waals surface area (Å²) in [6.07, 6.45) is 7.07. The number of imidazole rings is 1. The van der Waals surface area contributed by atoms with Gasteiger partial charge in [-0.05, 0) is 12.8 Å². The Bertz CT molecular complexity index is 419. The molecule has 0 aromatic carbocycles. The van der Waals surface area contributed by atoms with Crippen molar-refractivity contribution in [2.45, 2.75) is 76.7 Å². The van der Waals surface area contributed by atoms with Crippen molar-refractivity contribution in [3.8, 4) is 0 Å². The molecule has 0 bridgehead atoms. The van der Waals surface area contributed by atoms with Gasteiger partial charge in [0.15, 0.2) is 0 Å². The predicted octanol–water partition coefficient (Wildman–Crippen LogP) is 1.55. The van der Waals surface area contributed by atoms with E-state index in [4.69, 9.17) is 0 Å². The largest absolute Gasteiger partial charge is 0.388 e. The van der Waals surface area contributed by atoms with E-state index < -0.39 is 18.3 Å². The lowest BCUT2D eigenvalue weighted by molar-refractivity contribution is -0.0854. The number of aliphatic hydroxyl groups excluding tert-OH is 3. The number of hydrogen-bond acceptors (Lipinski definition) is 4. The van der Waals surface area contributed by atoms with Gasteiger partial charge in [0.05, 0.1) is 12.2 Å². The standard InChI is InChI=1S/C15H26N2O3/c1-2-3-4-5-6-7-8-11-9-17-10-12(18)13(19)14(20)15(17)16-11/h9,12-14,18-20H,2-8,10H2,1H3. The minimum Gasteiger partial charge on any atom is -0.388 e. The molecule has 2 heterocycles. The topological polar surface area (TPSA) is 78.5 Å². The lowest BCUT2D eigenvalue weighted by Gasteiger charge is -2.28. The summed E-state index contributed by atoms with van der Waals surface area (Å²) >= 11 is 0. The first-order chi connectivity index (χ1) is 9.63. The van der Waals surface area contributed by atoms with Crippen LogP contribution in [0.25, 0.3) is 0 Å². The van der Waals surface area contributed by atoms with E-state index in [1.54, 1.807) is 4.57 Å². The lowest BCUT2D eigenvalue weighted by atomic mass is 10.0. The summed E-state index contributed by atoms with van der Waals surface area (Å²) in [4.78, 5) is 4.39. The molecule has 0 saturated heterocycles. The van der Waals surface area contributed by atoms with Gasteiger partial charge in [-0.2, -0.15) is 0 Å². The highest BCUT2D eigenvalue weighted by atomic mass is 16.4. The molecule has 0 aliphatic carbocycles. The second-order valence-corrected chi connectivity index (χ2v) is 5.76. The highest BCUT2D eigenvalue weighted by Gasteiger charge is 2.34. The van der Waals surface area contributed by atoms with E-state index in [0.29, 0.717) is 12.4 Å². The fourth-order valence-electron chi connectivity index (χ4n) is 2.75. The fourth-order valence-corrected chi connectivity index (χ4v) is 2.75. The molecule has 5 nitrogen and oxygen atoms in total. The molecule has 2 rings (SSSR count). The summed E-state index contributed by atoms with van der Waals surface area (Å²) in [7, 11) is 0. The zero-order valence-electron chi connectivity index (χ0n) is 12.2. The van der Waals surface area contributed by atoms with E-state index >= 15 is 0 Å². The second kappa shape index (κ2) is 7.20. The Morgan fingerprint density at radius 2 is 1.85 bits per heavy atom. The Morgan fingerprint density at radius 3 is 2.60 bits per heavy atom. The first kappa shape index (κ1) is 15.5. The molecule has 114 valence electrons. The molecular formula is C15H26N2O3. The average molecular weight is 282 g/mol. The smallest absolute Gasteiger partial charge is 0.140 e. The molecular weight excluding hydrogens is 256 g/mol. The Hall–Kier alpha value is -0.910. The summed E-state index contributed by atoms with van der Waals surface area (Å²) in [5, 5.41) is 29.2. The summed E-state index contributed by atoms with van der Waals surface area (Å²) in [5.74, 6) is 0.476. The molecule has 5 heteroatoms. The van der Waals surface area contributed by atoms with Crippen LogP contribution in [0.5, 0.6) is 0 Å². The van der Waals surface area contributed by atoms with Crippen molar-refractivity contribution in [1.82, 2.24) is 9.55 Å². The third-order valence-corrected chi connectivity index (χ3v) is 4.01. The van der Waals surface area contributed by atoms with Crippen molar-refractivity contribution in [1.29, 1.82) is 0 Å². The molecule has 1 aliphatic rings. The maximum atomic E-state index is 9.89. The highest BCUT2D eigenvalue weighted by molar-refractivity contribution is 5.11. The van der Waals surface area contributed by atoms with Crippen LogP contribution in [0.3, 0.4) is 0 Å². The zero-order valence-corrected chi connectivity index (χ0v) is 12.2. The third-order valence-electron chi connectivity index (χ3n) is 4.01. The summed E-state index contributed by atoms with van der Waals surface area (Å²) < 4.78 is 1.76. The SMILES string of the molecule is CCCCCCCCc1cn2c(n1)C(O)C(O)C(O)C2. The number of rotatable bonds is 7. The highest BCUT2D eigenvalue weighted by Crippen LogP contribution is 2.25. The lowest BCUT2D eigenvalue weighted by Crippen LogP contribution is -2.41. The Balaban J connectivity index is 1.83. The number of aromatic nitrogens is 2. The van der Waals surface area contributed by atoms with Crippen molar-refractivity contribution < 1.29 is 15.3 Å². The fraction of sp³-hybridized carbons (Fsp3) is 0.800. The van der Waals surface area contributed by atoms with Crippen molar-refractivity contribution in [2.75, 3.05) is 0 Å². The zero-order chi connectivity index (χ0) is 14.5. The van der Waals surface area contributed by atoms with Gasteiger partial charge in [-0.25, -0.2) is 4.98 Å². The minimum atomic E-state index is -1.13. The molecule has 1 aromatic rings. The van der Waals surface area contributed by atoms with Crippen molar-refractivity contribution in [2.24, 2.45) is 0 Å². The van der Waals surface area contributed by atoms with E-state index in [0.717, 1.165) is 18.5 Å². The Labute approximate surface area is 120 Å². The molecule has 0 fully saturated rings. The van der Waals surface area contributed by atoms with Crippen LogP contribution in [0, 0.1) is 0 Å². The molecule has 3 atom stereocenters. The first-order valence-electron chi connectivity index (χ1n) is 7.73. The van der Waals surface area contributed by atoms with Crippen LogP contribution in [-0.4, -0.2) is 37.1 Å². The Morgan fingerprint density at radius 1 is 1.15 bits per heavy atom. The van der Waals surface area contributed by atoms with Crippen LogP contribution in [0.2, 0.25) is 0 Å². The van der Waals surface area contributed by atoms with Gasteiger partial charge in [0.25, 0.3) is 0 Å². The normalized spacial score (nSPS) is 25.7. The van der Waals surface area contributed by atoms with Gasteiger partial charge in [0, 0.05) is 6.20 Å². The maximum absolute atomic E-state index is 9.89. The minimum absolute atomic E-state index is 0.303. The molecule has 0 amide bonds. The molecule has 1 aromatic heterocycles. The summed E-state index contributed by atoms with van der Waals surface area (Å²) in [6, 6.07) is 0. The quantitative estimate of drug-likeness (QED) is 0.663. The van der Waals surface area contributed by atoms with Gasteiger partial charge in [-0.15, -0.1) is 0 Å². The van der Waals surface area contributed by atoms with Gasteiger partial charge < -0.3 is 19.9 Å². The molecule has 0 radical (unpaired) electrons. The van der Waals surface area contributed by atoms with Crippen LogP contribution in [-0.2, 0) is 13.0 Å². The number of unbranched alkanes of at least 4 members (excludes halogenated alkanes) is 5. The van der Waals surface area contributed by atoms with Crippen molar-refractivity contribution in [3.63, 3.8) is 0 Å². The predicted molar refractivity (Wildman–Crippen MR) is 76.3 cm³/mol. The van der Waals surface area contributed by atoms with Crippen molar-refractivity contribution in [3.05, 3.63) is 17.7 Å². The number of hydrogen-bond donors (Lipinski definition) is 3. The van der Waals surface area contributed by atoms with E-state index in [1.807, 2.05) is 6.20 Å². The van der Waals surface area contributed by atoms with Gasteiger partial charge in [0.2, 0.25) is 0 Å². The molecule has 3 N–H and O–H groups in total. The second-order valence-electron chi connectivity index (χ2n) is 5.76. The van der Waals surface area contributed by atoms with Crippen LogP contribution in [0.15, 0.2) is 6.20 Å². The molecule has 0 saturated carbocycles. The molecule has 0 spiro atoms. The number of nitrogens with zero attached hydrogens (tertiary/aromatic N) is 2. The van der Waals surface area contributed by atoms with Crippen LogP contribution >= 0.6 is 0 Å². The molecule has 3 unspecified atom stereocenters.